The predicted octanol–water partition coefficient (Wildman–Crippen LogP) is 1.69. The SMILES string of the molecule is COC(=O)C1=C(C(=O)OC)N(c2ccc(OC)c(OC(F)F)c2)COC1. The lowest BCUT2D eigenvalue weighted by molar-refractivity contribution is -0.140. The third-order valence-electron chi connectivity index (χ3n) is 3.51. The van der Waals surface area contributed by atoms with Gasteiger partial charge in [-0.2, -0.15) is 8.78 Å². The summed E-state index contributed by atoms with van der Waals surface area (Å²) in [5.41, 5.74) is 0.0828. The Hall–Kier alpha value is -2.88. The first-order valence-corrected chi connectivity index (χ1v) is 7.30. The molecule has 0 aliphatic carbocycles. The van der Waals surface area contributed by atoms with Gasteiger partial charge in [-0.15, -0.1) is 0 Å². The Labute approximate surface area is 147 Å². The second-order valence-electron chi connectivity index (χ2n) is 4.93. The van der Waals surface area contributed by atoms with Gasteiger partial charge in [-0.3, -0.25) is 0 Å². The molecule has 0 saturated carbocycles. The van der Waals surface area contributed by atoms with E-state index in [1.165, 1.54) is 30.2 Å². The molecule has 26 heavy (non-hydrogen) atoms. The summed E-state index contributed by atoms with van der Waals surface area (Å²) in [6.45, 7) is -3.35. The van der Waals surface area contributed by atoms with E-state index in [0.717, 1.165) is 14.2 Å². The molecule has 8 nitrogen and oxygen atoms in total. The van der Waals surface area contributed by atoms with E-state index in [2.05, 4.69) is 9.47 Å². The number of nitrogens with zero attached hydrogens (tertiary/aromatic N) is 1. The van der Waals surface area contributed by atoms with Crippen LogP contribution in [-0.4, -0.2) is 53.2 Å². The van der Waals surface area contributed by atoms with Crippen molar-refractivity contribution in [2.24, 2.45) is 0 Å². The Morgan fingerprint density at radius 3 is 2.38 bits per heavy atom. The molecule has 0 atom stereocenters. The lowest BCUT2D eigenvalue weighted by Crippen LogP contribution is -2.38. The van der Waals surface area contributed by atoms with E-state index in [-0.39, 0.29) is 41.8 Å². The summed E-state index contributed by atoms with van der Waals surface area (Å²) in [6.07, 6.45) is 0. The molecule has 0 saturated heterocycles. The quantitative estimate of drug-likeness (QED) is 0.697. The molecule has 0 fully saturated rings. The van der Waals surface area contributed by atoms with Crippen molar-refractivity contribution in [2.75, 3.05) is 39.6 Å². The standard InChI is InChI=1S/C16H17F2NO7/c1-22-11-5-4-9(6-12(11)26-16(17)18)19-8-25-7-10(14(20)23-2)13(19)15(21)24-3/h4-6,16H,7-8H2,1-3H3. The van der Waals surface area contributed by atoms with E-state index >= 15 is 0 Å². The van der Waals surface area contributed by atoms with Crippen LogP contribution in [0.1, 0.15) is 0 Å². The van der Waals surface area contributed by atoms with Gasteiger partial charge in [-0.05, 0) is 12.1 Å². The third-order valence-corrected chi connectivity index (χ3v) is 3.51. The summed E-state index contributed by atoms with van der Waals surface area (Å²) in [7, 11) is 3.61. The van der Waals surface area contributed by atoms with Crippen LogP contribution in [0.2, 0.25) is 0 Å². The first-order chi connectivity index (χ1) is 12.4. The number of hydrogen-bond acceptors (Lipinski definition) is 8. The second kappa shape index (κ2) is 8.48. The molecule has 0 amide bonds. The molecule has 1 aromatic carbocycles. The highest BCUT2D eigenvalue weighted by Gasteiger charge is 2.32. The van der Waals surface area contributed by atoms with Gasteiger partial charge in [0.1, 0.15) is 12.4 Å². The van der Waals surface area contributed by atoms with Crippen LogP contribution in [0, 0.1) is 0 Å². The zero-order valence-corrected chi connectivity index (χ0v) is 14.3. The summed E-state index contributed by atoms with van der Waals surface area (Å²) in [5.74, 6) is -1.74. The van der Waals surface area contributed by atoms with Gasteiger partial charge in [0.15, 0.2) is 11.5 Å². The highest BCUT2D eigenvalue weighted by molar-refractivity contribution is 6.03. The smallest absolute Gasteiger partial charge is 0.387 e. The lowest BCUT2D eigenvalue weighted by Gasteiger charge is -2.31. The van der Waals surface area contributed by atoms with Crippen molar-refractivity contribution in [2.45, 2.75) is 6.61 Å². The van der Waals surface area contributed by atoms with Crippen LogP contribution < -0.4 is 14.4 Å². The maximum absolute atomic E-state index is 12.6. The number of ether oxygens (including phenoxy) is 5. The van der Waals surface area contributed by atoms with Crippen LogP contribution in [0.5, 0.6) is 11.5 Å². The topological polar surface area (TPSA) is 83.5 Å². The van der Waals surface area contributed by atoms with E-state index in [1.807, 2.05) is 0 Å². The van der Waals surface area contributed by atoms with Crippen LogP contribution in [-0.2, 0) is 23.8 Å². The summed E-state index contributed by atoms with van der Waals surface area (Å²) >= 11 is 0. The molecule has 142 valence electrons. The van der Waals surface area contributed by atoms with Crippen molar-refractivity contribution < 1.29 is 42.1 Å². The number of benzene rings is 1. The maximum atomic E-state index is 12.6. The van der Waals surface area contributed by atoms with Gasteiger partial charge >= 0.3 is 18.6 Å². The Morgan fingerprint density at radius 1 is 1.12 bits per heavy atom. The number of halogens is 2. The van der Waals surface area contributed by atoms with Crippen molar-refractivity contribution in [3.05, 3.63) is 29.5 Å². The van der Waals surface area contributed by atoms with Gasteiger partial charge in [0.2, 0.25) is 0 Å². The number of anilines is 1. The highest BCUT2D eigenvalue weighted by atomic mass is 19.3. The number of rotatable bonds is 6. The van der Waals surface area contributed by atoms with Gasteiger partial charge in [0, 0.05) is 11.8 Å². The fourth-order valence-corrected chi connectivity index (χ4v) is 2.37. The number of carbonyl (C=O) groups excluding carboxylic acids is 2. The van der Waals surface area contributed by atoms with E-state index in [0.29, 0.717) is 0 Å². The van der Waals surface area contributed by atoms with Crippen LogP contribution in [0.25, 0.3) is 0 Å². The van der Waals surface area contributed by atoms with Gasteiger partial charge in [0.25, 0.3) is 0 Å². The Bertz CT molecular complexity index is 721. The van der Waals surface area contributed by atoms with Crippen LogP contribution in [0.3, 0.4) is 0 Å². The van der Waals surface area contributed by atoms with E-state index in [9.17, 15) is 18.4 Å². The average Bonchev–Trinajstić information content (AvgIpc) is 2.65. The lowest BCUT2D eigenvalue weighted by atomic mass is 10.1. The van der Waals surface area contributed by atoms with Crippen molar-refractivity contribution in [3.8, 4) is 11.5 Å². The van der Waals surface area contributed by atoms with Crippen molar-refractivity contribution in [3.63, 3.8) is 0 Å². The molecule has 1 aliphatic rings. The van der Waals surface area contributed by atoms with Gasteiger partial charge in [-0.25, -0.2) is 9.59 Å². The number of hydrogen-bond donors (Lipinski definition) is 0. The Morgan fingerprint density at radius 2 is 1.81 bits per heavy atom. The van der Waals surface area contributed by atoms with E-state index < -0.39 is 18.6 Å². The normalized spacial score (nSPS) is 14.3. The maximum Gasteiger partial charge on any atom is 0.387 e. The fraction of sp³-hybridized carbons (Fsp3) is 0.375. The molecular weight excluding hydrogens is 356 g/mol. The summed E-state index contributed by atoms with van der Waals surface area (Å²) in [5, 5.41) is 0. The van der Waals surface area contributed by atoms with Crippen molar-refractivity contribution in [1.29, 1.82) is 0 Å². The number of esters is 2. The highest BCUT2D eigenvalue weighted by Crippen LogP contribution is 2.35. The van der Waals surface area contributed by atoms with Crippen LogP contribution >= 0.6 is 0 Å². The minimum Gasteiger partial charge on any atom is -0.493 e. The molecule has 1 aromatic rings. The first kappa shape index (κ1) is 19.4. The minimum absolute atomic E-state index is 0.0576. The fourth-order valence-electron chi connectivity index (χ4n) is 2.37. The molecular formula is C16H17F2NO7. The first-order valence-electron chi connectivity index (χ1n) is 7.30. The average molecular weight is 373 g/mol. The van der Waals surface area contributed by atoms with Crippen molar-refractivity contribution >= 4 is 17.6 Å². The predicted molar refractivity (Wildman–Crippen MR) is 84.0 cm³/mol. The Kier molecular flexibility index (Phi) is 6.34. The van der Waals surface area contributed by atoms with Gasteiger partial charge < -0.3 is 28.6 Å². The van der Waals surface area contributed by atoms with E-state index in [4.69, 9.17) is 14.2 Å². The Balaban J connectivity index is 2.54. The van der Waals surface area contributed by atoms with Crippen molar-refractivity contribution in [1.82, 2.24) is 0 Å². The molecule has 1 heterocycles. The molecule has 0 N–H and O–H groups in total. The molecule has 0 bridgehead atoms. The summed E-state index contributed by atoms with van der Waals surface area (Å²) in [4.78, 5) is 25.4. The second-order valence-corrected chi connectivity index (χ2v) is 4.93. The van der Waals surface area contributed by atoms with Gasteiger partial charge in [-0.1, -0.05) is 0 Å². The molecule has 1 aliphatic heterocycles. The van der Waals surface area contributed by atoms with Gasteiger partial charge in [0.05, 0.1) is 33.5 Å². The monoisotopic (exact) mass is 373 g/mol. The number of alkyl halides is 2. The third kappa shape index (κ3) is 4.02. The molecule has 0 aromatic heterocycles. The molecule has 0 spiro atoms. The number of methoxy groups -OCH3 is 3. The summed E-state index contributed by atoms with van der Waals surface area (Å²) < 4.78 is 49.4. The molecule has 0 unspecified atom stereocenters. The molecule has 2 rings (SSSR count). The number of carbonyl (C=O) groups is 2. The zero-order chi connectivity index (χ0) is 19.3. The van der Waals surface area contributed by atoms with Crippen LogP contribution in [0.15, 0.2) is 29.5 Å². The van der Waals surface area contributed by atoms with Crippen LogP contribution in [0.4, 0.5) is 14.5 Å². The largest absolute Gasteiger partial charge is 0.493 e. The molecule has 0 radical (unpaired) electrons. The minimum atomic E-state index is -3.07. The zero-order valence-electron chi connectivity index (χ0n) is 14.3. The molecule has 10 heteroatoms. The summed E-state index contributed by atoms with van der Waals surface area (Å²) in [6, 6.07) is 4.11. The van der Waals surface area contributed by atoms with E-state index in [1.54, 1.807) is 0 Å².